The second-order valence-electron chi connectivity index (χ2n) is 5.06. The minimum Gasteiger partial charge on any atom is -0.372 e. The lowest BCUT2D eigenvalue weighted by molar-refractivity contribution is -0.384. The van der Waals surface area contributed by atoms with Crippen LogP contribution in [0.25, 0.3) is 0 Å². The smallest absolute Gasteiger partial charge is 0.311 e. The highest BCUT2D eigenvalue weighted by Gasteiger charge is 2.24. The Kier molecular flexibility index (Phi) is 3.88. The largest absolute Gasteiger partial charge is 0.372 e. The number of nitro groups is 1. The summed E-state index contributed by atoms with van der Waals surface area (Å²) in [7, 11) is 0. The Hall–Kier alpha value is -1.95. The molecule has 1 heterocycles. The molecule has 5 nitrogen and oxygen atoms in total. The second kappa shape index (κ2) is 5.81. The van der Waals surface area contributed by atoms with Gasteiger partial charge in [-0.3, -0.25) is 15.1 Å². The minimum atomic E-state index is -0.408. The average molecular weight is 348 g/mol. The van der Waals surface area contributed by atoms with E-state index in [4.69, 9.17) is 0 Å². The first-order valence-corrected chi connectivity index (χ1v) is 7.58. The molecule has 0 spiro atoms. The second-order valence-corrected chi connectivity index (χ2v) is 5.91. The number of hydrogen-bond acceptors (Lipinski definition) is 4. The molecule has 1 aromatic heterocycles. The molecule has 108 valence electrons. The average Bonchev–Trinajstić information content (AvgIpc) is 2.49. The highest BCUT2D eigenvalue weighted by Crippen LogP contribution is 2.38. The van der Waals surface area contributed by atoms with Crippen LogP contribution in [0, 0.1) is 10.1 Å². The first-order valence-electron chi connectivity index (χ1n) is 6.79. The molecule has 6 heteroatoms. The summed E-state index contributed by atoms with van der Waals surface area (Å²) in [4.78, 5) is 14.6. The number of anilines is 1. The SMILES string of the molecule is O=[N+]([O-])c1cncc(Br)c1NC1CCCc2ccccc21. The zero-order valence-electron chi connectivity index (χ0n) is 11.3. The van der Waals surface area contributed by atoms with Gasteiger partial charge in [-0.2, -0.15) is 0 Å². The quantitative estimate of drug-likeness (QED) is 0.665. The van der Waals surface area contributed by atoms with Crippen molar-refractivity contribution in [1.82, 2.24) is 4.98 Å². The third-order valence-electron chi connectivity index (χ3n) is 3.76. The molecule has 1 atom stereocenters. The van der Waals surface area contributed by atoms with E-state index in [9.17, 15) is 10.1 Å². The Morgan fingerprint density at radius 1 is 1.33 bits per heavy atom. The Morgan fingerprint density at radius 2 is 2.14 bits per heavy atom. The monoisotopic (exact) mass is 347 g/mol. The molecule has 0 fully saturated rings. The van der Waals surface area contributed by atoms with Crippen LogP contribution < -0.4 is 5.32 Å². The number of benzene rings is 1. The maximum absolute atomic E-state index is 11.2. The summed E-state index contributed by atoms with van der Waals surface area (Å²) in [6.45, 7) is 0. The van der Waals surface area contributed by atoms with E-state index in [1.807, 2.05) is 12.1 Å². The Morgan fingerprint density at radius 3 is 2.95 bits per heavy atom. The van der Waals surface area contributed by atoms with Crippen molar-refractivity contribution >= 4 is 27.3 Å². The highest BCUT2D eigenvalue weighted by atomic mass is 79.9. The summed E-state index contributed by atoms with van der Waals surface area (Å²) in [6.07, 6.45) is 5.95. The standard InChI is InChI=1S/C15H14BrN3O2/c16-12-8-17-9-14(19(20)21)15(12)18-13-7-3-5-10-4-1-2-6-11(10)13/h1-2,4,6,8-9,13H,3,5,7H2,(H,17,18). The van der Waals surface area contributed by atoms with E-state index in [2.05, 4.69) is 38.4 Å². The van der Waals surface area contributed by atoms with E-state index >= 15 is 0 Å². The molecule has 0 radical (unpaired) electrons. The summed E-state index contributed by atoms with van der Waals surface area (Å²) in [5, 5.41) is 14.5. The maximum Gasteiger partial charge on any atom is 0.311 e. The van der Waals surface area contributed by atoms with Crippen LogP contribution in [0.5, 0.6) is 0 Å². The summed E-state index contributed by atoms with van der Waals surface area (Å²) in [5.41, 5.74) is 3.03. The van der Waals surface area contributed by atoms with Gasteiger partial charge in [0.05, 0.1) is 15.4 Å². The first-order chi connectivity index (χ1) is 10.2. The predicted octanol–water partition coefficient (Wildman–Crippen LogP) is 4.24. The first kappa shape index (κ1) is 14.0. The molecule has 1 unspecified atom stereocenters. The van der Waals surface area contributed by atoms with E-state index < -0.39 is 4.92 Å². The highest BCUT2D eigenvalue weighted by molar-refractivity contribution is 9.10. The molecule has 1 aliphatic carbocycles. The molecular formula is C15H14BrN3O2. The fraction of sp³-hybridized carbons (Fsp3) is 0.267. The molecule has 1 aromatic carbocycles. The number of rotatable bonds is 3. The molecular weight excluding hydrogens is 334 g/mol. The van der Waals surface area contributed by atoms with Gasteiger partial charge in [0.25, 0.3) is 0 Å². The molecule has 3 rings (SSSR count). The fourth-order valence-electron chi connectivity index (χ4n) is 2.78. The molecule has 0 amide bonds. The van der Waals surface area contributed by atoms with Crippen molar-refractivity contribution in [2.75, 3.05) is 5.32 Å². The molecule has 21 heavy (non-hydrogen) atoms. The predicted molar refractivity (Wildman–Crippen MR) is 84.3 cm³/mol. The van der Waals surface area contributed by atoms with E-state index in [-0.39, 0.29) is 11.7 Å². The van der Waals surface area contributed by atoms with Gasteiger partial charge < -0.3 is 5.32 Å². The number of aryl methyl sites for hydroxylation is 1. The number of fused-ring (bicyclic) bond motifs is 1. The third kappa shape index (κ3) is 2.76. The van der Waals surface area contributed by atoms with Crippen LogP contribution in [0.3, 0.4) is 0 Å². The van der Waals surface area contributed by atoms with Gasteiger partial charge in [-0.1, -0.05) is 24.3 Å². The number of halogens is 1. The van der Waals surface area contributed by atoms with Gasteiger partial charge in [-0.05, 0) is 46.3 Å². The molecule has 2 aromatic rings. The van der Waals surface area contributed by atoms with Crippen molar-refractivity contribution in [1.29, 1.82) is 0 Å². The molecule has 1 aliphatic rings. The van der Waals surface area contributed by atoms with Crippen LogP contribution in [0.4, 0.5) is 11.4 Å². The Bertz CT molecular complexity index is 690. The fourth-order valence-corrected chi connectivity index (χ4v) is 3.22. The van der Waals surface area contributed by atoms with Gasteiger partial charge in [0.1, 0.15) is 11.9 Å². The molecule has 0 bridgehead atoms. The van der Waals surface area contributed by atoms with Crippen LogP contribution in [-0.4, -0.2) is 9.91 Å². The number of aromatic nitrogens is 1. The minimum absolute atomic E-state index is 0.00701. The molecule has 0 saturated carbocycles. The summed E-state index contributed by atoms with van der Waals surface area (Å²) < 4.78 is 0.611. The van der Waals surface area contributed by atoms with E-state index in [1.165, 1.54) is 17.3 Å². The normalized spacial score (nSPS) is 17.1. The lowest BCUT2D eigenvalue weighted by Gasteiger charge is -2.27. The topological polar surface area (TPSA) is 68.1 Å². The van der Waals surface area contributed by atoms with Gasteiger partial charge in [0.2, 0.25) is 0 Å². The molecule has 1 N–H and O–H groups in total. The zero-order valence-corrected chi connectivity index (χ0v) is 12.8. The number of nitrogens with one attached hydrogen (secondary N) is 1. The summed E-state index contributed by atoms with van der Waals surface area (Å²) in [6, 6.07) is 8.35. The summed E-state index contributed by atoms with van der Waals surface area (Å²) >= 11 is 3.35. The van der Waals surface area contributed by atoms with Crippen molar-refractivity contribution < 1.29 is 4.92 Å². The number of pyridine rings is 1. The van der Waals surface area contributed by atoms with Gasteiger partial charge in [-0.25, -0.2) is 0 Å². The van der Waals surface area contributed by atoms with E-state index in [0.717, 1.165) is 19.3 Å². The summed E-state index contributed by atoms with van der Waals surface area (Å²) in [5.74, 6) is 0. The van der Waals surface area contributed by atoms with Crippen LogP contribution in [0.15, 0.2) is 41.1 Å². The Balaban J connectivity index is 1.97. The number of hydrogen-bond donors (Lipinski definition) is 1. The van der Waals surface area contributed by atoms with Crippen LogP contribution >= 0.6 is 15.9 Å². The van der Waals surface area contributed by atoms with E-state index in [1.54, 1.807) is 6.20 Å². The van der Waals surface area contributed by atoms with E-state index in [0.29, 0.717) is 10.2 Å². The van der Waals surface area contributed by atoms with Crippen molar-refractivity contribution in [3.63, 3.8) is 0 Å². The van der Waals surface area contributed by atoms with Crippen LogP contribution in [0.2, 0.25) is 0 Å². The van der Waals surface area contributed by atoms with Crippen molar-refractivity contribution in [2.45, 2.75) is 25.3 Å². The van der Waals surface area contributed by atoms with Crippen molar-refractivity contribution in [3.8, 4) is 0 Å². The third-order valence-corrected chi connectivity index (χ3v) is 4.37. The van der Waals surface area contributed by atoms with Gasteiger partial charge in [0, 0.05) is 6.20 Å². The van der Waals surface area contributed by atoms with Gasteiger partial charge in [0.15, 0.2) is 0 Å². The maximum atomic E-state index is 11.2. The van der Waals surface area contributed by atoms with Crippen molar-refractivity contribution in [2.24, 2.45) is 0 Å². The van der Waals surface area contributed by atoms with Crippen LogP contribution in [-0.2, 0) is 6.42 Å². The molecule has 0 aliphatic heterocycles. The zero-order chi connectivity index (χ0) is 14.8. The Labute approximate surface area is 130 Å². The lowest BCUT2D eigenvalue weighted by atomic mass is 9.87. The number of nitrogens with zero attached hydrogens (tertiary/aromatic N) is 2. The van der Waals surface area contributed by atoms with Gasteiger partial charge in [-0.15, -0.1) is 0 Å². The van der Waals surface area contributed by atoms with Gasteiger partial charge >= 0.3 is 5.69 Å². The van der Waals surface area contributed by atoms with Crippen molar-refractivity contribution in [3.05, 3.63) is 62.4 Å². The molecule has 0 saturated heterocycles. The van der Waals surface area contributed by atoms with Crippen LogP contribution in [0.1, 0.15) is 30.0 Å². The lowest BCUT2D eigenvalue weighted by Crippen LogP contribution is -2.18.